The van der Waals surface area contributed by atoms with Crippen molar-refractivity contribution in [3.63, 3.8) is 0 Å². The van der Waals surface area contributed by atoms with E-state index in [4.69, 9.17) is 4.52 Å². The minimum Gasteiger partial charge on any atom is -0.355 e. The van der Waals surface area contributed by atoms with Gasteiger partial charge in [-0.25, -0.2) is 0 Å². The van der Waals surface area contributed by atoms with E-state index >= 15 is 0 Å². The van der Waals surface area contributed by atoms with Gasteiger partial charge in [-0.2, -0.15) is 0 Å². The van der Waals surface area contributed by atoms with Crippen molar-refractivity contribution in [1.82, 2.24) is 10.5 Å². The Morgan fingerprint density at radius 1 is 1.35 bits per heavy atom. The number of rotatable bonds is 2. The first kappa shape index (κ1) is 10.7. The van der Waals surface area contributed by atoms with Gasteiger partial charge in [-0.1, -0.05) is 16.8 Å². The zero-order chi connectivity index (χ0) is 11.5. The van der Waals surface area contributed by atoms with E-state index in [2.05, 4.69) is 16.5 Å². The molecule has 2 aromatic heterocycles. The van der Waals surface area contributed by atoms with Gasteiger partial charge < -0.3 is 9.84 Å². The van der Waals surface area contributed by atoms with Crippen molar-refractivity contribution < 1.29 is 4.52 Å². The minimum atomic E-state index is 0.862. The smallest absolute Gasteiger partial charge is 0.177 e. The van der Waals surface area contributed by atoms with E-state index in [0.717, 1.165) is 42.3 Å². The summed E-state index contributed by atoms with van der Waals surface area (Å²) in [6.07, 6.45) is 4.38. The predicted octanol–water partition coefficient (Wildman–Crippen LogP) is 3.17. The van der Waals surface area contributed by atoms with E-state index in [0.29, 0.717) is 0 Å². The van der Waals surface area contributed by atoms with Crippen molar-refractivity contribution in [3.8, 4) is 10.6 Å². The second-order valence-corrected chi connectivity index (χ2v) is 5.09. The number of thiophene rings is 1. The van der Waals surface area contributed by atoms with Crippen LogP contribution in [-0.2, 0) is 0 Å². The number of nitrogens with zero attached hydrogens (tertiary/aromatic N) is 1. The van der Waals surface area contributed by atoms with Gasteiger partial charge in [0.15, 0.2) is 5.76 Å². The molecule has 0 aromatic carbocycles. The number of piperidine rings is 1. The molecular formula is C13H14N2OS. The molecule has 1 aliphatic heterocycles. The van der Waals surface area contributed by atoms with Crippen LogP contribution < -0.4 is 5.32 Å². The second-order valence-electron chi connectivity index (χ2n) is 4.15. The Labute approximate surface area is 104 Å². The number of nitrogens with one attached hydrogen (secondary N) is 1. The summed E-state index contributed by atoms with van der Waals surface area (Å²) in [6, 6.07) is 6.08. The van der Waals surface area contributed by atoms with Gasteiger partial charge in [-0.3, -0.25) is 0 Å². The Kier molecular flexibility index (Phi) is 3.07. The lowest BCUT2D eigenvalue weighted by Crippen LogP contribution is -2.22. The average molecular weight is 246 g/mol. The van der Waals surface area contributed by atoms with Crippen LogP contribution in [-0.4, -0.2) is 18.2 Å². The summed E-state index contributed by atoms with van der Waals surface area (Å²) in [4.78, 5) is 1.13. The summed E-state index contributed by atoms with van der Waals surface area (Å²) in [5, 5.41) is 9.49. The van der Waals surface area contributed by atoms with Crippen molar-refractivity contribution >= 4 is 17.4 Å². The molecule has 0 aliphatic carbocycles. The molecule has 1 aliphatic rings. The van der Waals surface area contributed by atoms with E-state index in [9.17, 15) is 0 Å². The SMILES string of the molecule is C(=C1CCNCC1)c1cc(-c2cccs2)on1. The second kappa shape index (κ2) is 4.85. The highest BCUT2D eigenvalue weighted by Gasteiger charge is 2.08. The van der Waals surface area contributed by atoms with Gasteiger partial charge >= 0.3 is 0 Å². The van der Waals surface area contributed by atoms with E-state index in [1.165, 1.54) is 5.57 Å². The minimum absolute atomic E-state index is 0.862. The van der Waals surface area contributed by atoms with Crippen LogP contribution in [0.15, 0.2) is 33.7 Å². The van der Waals surface area contributed by atoms with Crippen molar-refractivity contribution in [3.05, 3.63) is 34.8 Å². The van der Waals surface area contributed by atoms with Crippen LogP contribution in [0.25, 0.3) is 16.7 Å². The summed E-state index contributed by atoms with van der Waals surface area (Å²) >= 11 is 1.67. The number of aromatic nitrogens is 1. The fourth-order valence-corrected chi connectivity index (χ4v) is 2.67. The Balaban J connectivity index is 1.80. The Morgan fingerprint density at radius 3 is 3.00 bits per heavy atom. The molecule has 3 rings (SSSR count). The fourth-order valence-electron chi connectivity index (χ4n) is 1.99. The van der Waals surface area contributed by atoms with Crippen molar-refractivity contribution in [2.75, 3.05) is 13.1 Å². The topological polar surface area (TPSA) is 38.1 Å². The monoisotopic (exact) mass is 246 g/mol. The molecule has 3 heterocycles. The lowest BCUT2D eigenvalue weighted by atomic mass is 10.0. The van der Waals surface area contributed by atoms with Gasteiger partial charge in [0, 0.05) is 6.07 Å². The predicted molar refractivity (Wildman–Crippen MR) is 69.9 cm³/mol. The third-order valence-corrected chi connectivity index (χ3v) is 3.77. The zero-order valence-electron chi connectivity index (χ0n) is 9.48. The molecule has 1 N–H and O–H groups in total. The van der Waals surface area contributed by atoms with E-state index in [1.807, 2.05) is 23.6 Å². The molecule has 88 valence electrons. The van der Waals surface area contributed by atoms with Crippen LogP contribution in [0.2, 0.25) is 0 Å². The maximum Gasteiger partial charge on any atom is 0.177 e. The van der Waals surface area contributed by atoms with E-state index < -0.39 is 0 Å². The maximum absolute atomic E-state index is 5.35. The van der Waals surface area contributed by atoms with Crippen LogP contribution in [0.4, 0.5) is 0 Å². The van der Waals surface area contributed by atoms with Crippen LogP contribution in [0.1, 0.15) is 18.5 Å². The van der Waals surface area contributed by atoms with Gasteiger partial charge in [0.2, 0.25) is 0 Å². The largest absolute Gasteiger partial charge is 0.355 e. The Hall–Kier alpha value is -1.39. The van der Waals surface area contributed by atoms with E-state index in [-0.39, 0.29) is 0 Å². The van der Waals surface area contributed by atoms with Crippen LogP contribution in [0.5, 0.6) is 0 Å². The zero-order valence-corrected chi connectivity index (χ0v) is 10.3. The molecule has 2 aromatic rings. The number of hydrogen-bond donors (Lipinski definition) is 1. The molecule has 3 nitrogen and oxygen atoms in total. The molecule has 0 spiro atoms. The lowest BCUT2D eigenvalue weighted by Gasteiger charge is -2.14. The van der Waals surface area contributed by atoms with Crippen molar-refractivity contribution in [2.24, 2.45) is 0 Å². The molecule has 1 saturated heterocycles. The van der Waals surface area contributed by atoms with Crippen molar-refractivity contribution in [1.29, 1.82) is 0 Å². The molecule has 0 bridgehead atoms. The highest BCUT2D eigenvalue weighted by atomic mass is 32.1. The van der Waals surface area contributed by atoms with E-state index in [1.54, 1.807) is 11.3 Å². The molecule has 0 radical (unpaired) electrons. The van der Waals surface area contributed by atoms with Gasteiger partial charge in [0.1, 0.15) is 5.69 Å². The standard InChI is InChI=1S/C13H14N2OS/c1-2-13(17-7-1)12-9-11(15-16-12)8-10-3-5-14-6-4-10/h1-2,7-9,14H,3-6H2. The third-order valence-electron chi connectivity index (χ3n) is 2.89. The summed E-state index contributed by atoms with van der Waals surface area (Å²) in [5.41, 5.74) is 2.39. The normalized spacial score (nSPS) is 16.1. The summed E-state index contributed by atoms with van der Waals surface area (Å²) in [6.45, 7) is 2.14. The number of hydrogen-bond acceptors (Lipinski definition) is 4. The van der Waals surface area contributed by atoms with Crippen molar-refractivity contribution in [2.45, 2.75) is 12.8 Å². The molecular weight excluding hydrogens is 232 g/mol. The van der Waals surface area contributed by atoms with Gasteiger partial charge in [0.05, 0.1) is 4.88 Å². The molecule has 0 saturated carbocycles. The highest BCUT2D eigenvalue weighted by molar-refractivity contribution is 7.13. The first-order valence-corrected chi connectivity index (χ1v) is 6.70. The summed E-state index contributed by atoms with van der Waals surface area (Å²) < 4.78 is 5.35. The Bertz CT molecular complexity index is 505. The average Bonchev–Trinajstić information content (AvgIpc) is 3.00. The lowest BCUT2D eigenvalue weighted by molar-refractivity contribution is 0.431. The van der Waals surface area contributed by atoms with Crippen LogP contribution in [0, 0.1) is 0 Å². The summed E-state index contributed by atoms with van der Waals surface area (Å²) in [7, 11) is 0. The molecule has 0 amide bonds. The van der Waals surface area contributed by atoms with Gasteiger partial charge in [-0.05, 0) is 43.5 Å². The summed E-state index contributed by atoms with van der Waals surface area (Å²) in [5.74, 6) is 0.862. The maximum atomic E-state index is 5.35. The van der Waals surface area contributed by atoms with Gasteiger partial charge in [-0.15, -0.1) is 11.3 Å². The molecule has 4 heteroatoms. The molecule has 1 fully saturated rings. The fraction of sp³-hybridized carbons (Fsp3) is 0.308. The van der Waals surface area contributed by atoms with Gasteiger partial charge in [0.25, 0.3) is 0 Å². The Morgan fingerprint density at radius 2 is 2.24 bits per heavy atom. The molecule has 0 unspecified atom stereocenters. The van der Waals surface area contributed by atoms with Crippen LogP contribution in [0.3, 0.4) is 0 Å². The van der Waals surface area contributed by atoms with Crippen LogP contribution >= 0.6 is 11.3 Å². The third kappa shape index (κ3) is 2.48. The molecule has 0 atom stereocenters. The molecule has 17 heavy (non-hydrogen) atoms. The first-order valence-electron chi connectivity index (χ1n) is 5.82. The quantitative estimate of drug-likeness (QED) is 0.884. The first-order chi connectivity index (χ1) is 8.42. The highest BCUT2D eigenvalue weighted by Crippen LogP contribution is 2.26.